The van der Waals surface area contributed by atoms with Gasteiger partial charge in [-0.3, -0.25) is 0 Å². The predicted octanol–water partition coefficient (Wildman–Crippen LogP) is 3.20. The number of rotatable bonds is 2. The highest BCUT2D eigenvalue weighted by Gasteiger charge is 2.21. The number of methoxy groups -OCH3 is 1. The van der Waals surface area contributed by atoms with Crippen molar-refractivity contribution in [1.29, 1.82) is 0 Å². The summed E-state index contributed by atoms with van der Waals surface area (Å²) >= 11 is 11.9. The van der Waals surface area contributed by atoms with Gasteiger partial charge in [-0.2, -0.15) is 0 Å². The SMILES string of the molecule is COc1c(Cl)cc(Cl)cc1C(C)(C)N. The van der Waals surface area contributed by atoms with Gasteiger partial charge in [-0.1, -0.05) is 23.2 Å². The minimum absolute atomic E-state index is 0.480. The van der Waals surface area contributed by atoms with Gasteiger partial charge in [-0.05, 0) is 26.0 Å². The normalized spacial score (nSPS) is 11.6. The van der Waals surface area contributed by atoms with E-state index in [1.165, 1.54) is 0 Å². The highest BCUT2D eigenvalue weighted by molar-refractivity contribution is 6.35. The summed E-state index contributed by atoms with van der Waals surface area (Å²) in [6.07, 6.45) is 0. The summed E-state index contributed by atoms with van der Waals surface area (Å²) in [5, 5.41) is 1.04. The molecule has 1 aromatic rings. The zero-order valence-corrected chi connectivity index (χ0v) is 9.91. The summed E-state index contributed by atoms with van der Waals surface area (Å²) in [5.74, 6) is 0.587. The lowest BCUT2D eigenvalue weighted by Crippen LogP contribution is -2.29. The Morgan fingerprint density at radius 2 is 1.86 bits per heavy atom. The number of hydrogen-bond acceptors (Lipinski definition) is 2. The fraction of sp³-hybridized carbons (Fsp3) is 0.400. The average Bonchev–Trinajstić information content (AvgIpc) is 2.01. The van der Waals surface area contributed by atoms with Gasteiger partial charge in [0.25, 0.3) is 0 Å². The molecule has 0 amide bonds. The quantitative estimate of drug-likeness (QED) is 0.852. The van der Waals surface area contributed by atoms with Crippen LogP contribution in [0.3, 0.4) is 0 Å². The molecule has 0 bridgehead atoms. The lowest BCUT2D eigenvalue weighted by Gasteiger charge is -2.23. The van der Waals surface area contributed by atoms with Gasteiger partial charge >= 0.3 is 0 Å². The third-order valence-corrected chi connectivity index (χ3v) is 2.41. The van der Waals surface area contributed by atoms with Crippen LogP contribution in [-0.4, -0.2) is 7.11 Å². The van der Waals surface area contributed by atoms with E-state index in [0.717, 1.165) is 5.56 Å². The molecule has 0 aliphatic rings. The topological polar surface area (TPSA) is 35.2 Å². The van der Waals surface area contributed by atoms with Crippen LogP contribution < -0.4 is 10.5 Å². The molecular weight excluding hydrogens is 221 g/mol. The Balaban J connectivity index is 3.40. The molecule has 0 radical (unpaired) electrons. The van der Waals surface area contributed by atoms with E-state index in [0.29, 0.717) is 15.8 Å². The van der Waals surface area contributed by atoms with Crippen molar-refractivity contribution in [2.45, 2.75) is 19.4 Å². The van der Waals surface area contributed by atoms with Crippen LogP contribution in [0.15, 0.2) is 12.1 Å². The molecule has 78 valence electrons. The summed E-state index contributed by atoms with van der Waals surface area (Å²) in [4.78, 5) is 0. The minimum Gasteiger partial charge on any atom is -0.495 e. The zero-order chi connectivity index (χ0) is 10.9. The molecule has 0 fully saturated rings. The second kappa shape index (κ2) is 3.97. The van der Waals surface area contributed by atoms with E-state index in [9.17, 15) is 0 Å². The molecule has 0 unspecified atom stereocenters. The summed E-state index contributed by atoms with van der Waals surface area (Å²) in [6.45, 7) is 3.75. The second-order valence-corrected chi connectivity index (χ2v) is 4.53. The maximum absolute atomic E-state index is 5.98. The molecule has 4 heteroatoms. The van der Waals surface area contributed by atoms with Crippen molar-refractivity contribution in [1.82, 2.24) is 0 Å². The maximum atomic E-state index is 5.98. The molecule has 14 heavy (non-hydrogen) atoms. The van der Waals surface area contributed by atoms with E-state index in [-0.39, 0.29) is 0 Å². The van der Waals surface area contributed by atoms with Crippen LogP contribution in [0, 0.1) is 0 Å². The zero-order valence-electron chi connectivity index (χ0n) is 8.40. The molecule has 1 rings (SSSR count). The van der Waals surface area contributed by atoms with Crippen molar-refractivity contribution in [3.05, 3.63) is 27.7 Å². The number of ether oxygens (including phenoxy) is 1. The summed E-state index contributed by atoms with van der Waals surface area (Å²) < 4.78 is 5.19. The molecule has 2 nitrogen and oxygen atoms in total. The Bertz CT molecular complexity index is 345. The standard InChI is InChI=1S/C10H13Cl2NO/c1-10(2,13)7-4-6(11)5-8(12)9(7)14-3/h4-5H,13H2,1-3H3. The van der Waals surface area contributed by atoms with Crippen molar-refractivity contribution in [3.63, 3.8) is 0 Å². The van der Waals surface area contributed by atoms with Crippen molar-refractivity contribution >= 4 is 23.2 Å². The van der Waals surface area contributed by atoms with Gasteiger partial charge in [0.05, 0.1) is 12.1 Å². The van der Waals surface area contributed by atoms with Gasteiger partial charge in [0, 0.05) is 16.1 Å². The molecule has 0 aliphatic heterocycles. The number of benzene rings is 1. The average molecular weight is 234 g/mol. The summed E-state index contributed by atoms with van der Waals surface area (Å²) in [5.41, 5.74) is 6.25. The molecule has 2 N–H and O–H groups in total. The molecule has 0 spiro atoms. The lowest BCUT2D eigenvalue weighted by molar-refractivity contribution is 0.395. The van der Waals surface area contributed by atoms with Crippen LogP contribution in [0.2, 0.25) is 10.0 Å². The Kier molecular flexibility index (Phi) is 3.30. The maximum Gasteiger partial charge on any atom is 0.142 e. The predicted molar refractivity (Wildman–Crippen MR) is 60.2 cm³/mol. The third-order valence-electron chi connectivity index (χ3n) is 1.91. The monoisotopic (exact) mass is 233 g/mol. The Morgan fingerprint density at radius 1 is 1.29 bits per heavy atom. The fourth-order valence-corrected chi connectivity index (χ4v) is 1.82. The van der Waals surface area contributed by atoms with Gasteiger partial charge in [-0.25, -0.2) is 0 Å². The molecule has 0 aliphatic carbocycles. The molecule has 0 atom stereocenters. The Labute approximate surface area is 94.0 Å². The first-order chi connectivity index (χ1) is 6.36. The number of hydrogen-bond donors (Lipinski definition) is 1. The van der Waals surface area contributed by atoms with Crippen LogP contribution in [0.1, 0.15) is 19.4 Å². The van der Waals surface area contributed by atoms with Crippen molar-refractivity contribution in [2.75, 3.05) is 7.11 Å². The van der Waals surface area contributed by atoms with E-state index in [1.807, 2.05) is 13.8 Å². The van der Waals surface area contributed by atoms with Crippen molar-refractivity contribution in [3.8, 4) is 5.75 Å². The lowest BCUT2D eigenvalue weighted by atomic mass is 9.95. The molecule has 0 heterocycles. The van der Waals surface area contributed by atoms with E-state index >= 15 is 0 Å². The van der Waals surface area contributed by atoms with Crippen LogP contribution in [-0.2, 0) is 5.54 Å². The minimum atomic E-state index is -0.528. The number of halogens is 2. The molecular formula is C10H13Cl2NO. The van der Waals surface area contributed by atoms with Gasteiger partial charge in [-0.15, -0.1) is 0 Å². The van der Waals surface area contributed by atoms with Crippen LogP contribution in [0.4, 0.5) is 0 Å². The van der Waals surface area contributed by atoms with Crippen LogP contribution in [0.5, 0.6) is 5.75 Å². The molecule has 1 aromatic carbocycles. The van der Waals surface area contributed by atoms with E-state index in [4.69, 9.17) is 33.7 Å². The van der Waals surface area contributed by atoms with Crippen molar-refractivity contribution < 1.29 is 4.74 Å². The summed E-state index contributed by atoms with van der Waals surface area (Å²) in [6, 6.07) is 3.41. The molecule has 0 saturated heterocycles. The van der Waals surface area contributed by atoms with Crippen molar-refractivity contribution in [2.24, 2.45) is 5.73 Å². The number of nitrogens with two attached hydrogens (primary N) is 1. The van der Waals surface area contributed by atoms with Gasteiger partial charge in [0.1, 0.15) is 5.75 Å². The van der Waals surface area contributed by atoms with E-state index in [1.54, 1.807) is 19.2 Å². The van der Waals surface area contributed by atoms with Gasteiger partial charge in [0.2, 0.25) is 0 Å². The van der Waals surface area contributed by atoms with Crippen LogP contribution >= 0.6 is 23.2 Å². The first-order valence-corrected chi connectivity index (χ1v) is 4.94. The first-order valence-electron chi connectivity index (χ1n) is 4.18. The third kappa shape index (κ3) is 2.32. The largest absolute Gasteiger partial charge is 0.495 e. The molecule has 0 saturated carbocycles. The molecule has 0 aromatic heterocycles. The smallest absolute Gasteiger partial charge is 0.142 e. The Hall–Kier alpha value is -0.440. The summed E-state index contributed by atoms with van der Waals surface area (Å²) in [7, 11) is 1.56. The van der Waals surface area contributed by atoms with Gasteiger partial charge in [0.15, 0.2) is 0 Å². The second-order valence-electron chi connectivity index (χ2n) is 3.69. The highest BCUT2D eigenvalue weighted by Crippen LogP contribution is 2.36. The van der Waals surface area contributed by atoms with Gasteiger partial charge < -0.3 is 10.5 Å². The fourth-order valence-electron chi connectivity index (χ4n) is 1.25. The highest BCUT2D eigenvalue weighted by atomic mass is 35.5. The van der Waals surface area contributed by atoms with E-state index < -0.39 is 5.54 Å². The Morgan fingerprint density at radius 3 is 2.29 bits per heavy atom. The van der Waals surface area contributed by atoms with Crippen LogP contribution in [0.25, 0.3) is 0 Å². The van der Waals surface area contributed by atoms with E-state index in [2.05, 4.69) is 0 Å². The first kappa shape index (κ1) is 11.6.